The Morgan fingerprint density at radius 3 is 1.16 bits per heavy atom. The molecule has 0 spiro atoms. The van der Waals surface area contributed by atoms with Crippen molar-refractivity contribution in [3.8, 4) is 0 Å². The third-order valence-electron chi connectivity index (χ3n) is 22.1. The van der Waals surface area contributed by atoms with Gasteiger partial charge in [-0.1, -0.05) is 180 Å². The molecule has 0 aromatic heterocycles. The molecule has 0 aliphatic carbocycles. The van der Waals surface area contributed by atoms with E-state index in [0.29, 0.717) is 12.8 Å². The van der Waals surface area contributed by atoms with Crippen molar-refractivity contribution in [1.29, 1.82) is 0 Å². The summed E-state index contributed by atoms with van der Waals surface area (Å²) in [6.07, 6.45) is -20.2. The number of amides is 4. The topological polar surface area (TPSA) is 571 Å². The Morgan fingerprint density at radius 1 is 0.348 bits per heavy atom. The van der Waals surface area contributed by atoms with Gasteiger partial charge in [0.25, 0.3) is 0 Å². The number of rotatable bonds is 53. The second-order valence-electron chi connectivity index (χ2n) is 31.4. The molecule has 21 N–H and O–H groups in total. The summed E-state index contributed by atoms with van der Waals surface area (Å²) >= 11 is 0. The maximum Gasteiger partial charge on any atom is 0.220 e. The van der Waals surface area contributed by atoms with Gasteiger partial charge in [0.15, 0.2) is 37.7 Å². The summed E-state index contributed by atoms with van der Waals surface area (Å²) in [4.78, 5) is 51.5. The number of allylic oxidation sites excluding steroid dienone is 1. The van der Waals surface area contributed by atoms with Gasteiger partial charge in [-0.15, -0.1) is 0 Å². The van der Waals surface area contributed by atoms with Crippen LogP contribution in [0.4, 0.5) is 0 Å². The maximum absolute atomic E-state index is 13.6. The van der Waals surface area contributed by atoms with Gasteiger partial charge in [0, 0.05) is 27.2 Å². The molecule has 6 heterocycles. The average molecular weight is 1660 g/mol. The largest absolute Gasteiger partial charge is 0.394 e. The number of hydrogen-bond acceptors (Lipinski definition) is 33. The lowest BCUT2D eigenvalue weighted by Gasteiger charge is -2.50. The fourth-order valence-electron chi connectivity index (χ4n) is 15.4. The molecule has 12 unspecified atom stereocenters. The lowest BCUT2D eigenvalue weighted by molar-refractivity contribution is -0.391. The molecular weight excluding hydrogens is 1520 g/mol. The SMILES string of the molecule is CCCCCCCCCCCCC/C=C/[C@@H](O)[C@H](CO[C@@H]1OC(CO)[C@@H](O[C@@H]2OC(CO[C@@H]3OC(CO)[C@@H](O)[C@H](O)C3NC(C)=O)[C@H](O)[C@H](O[C@H]3OC(CO)[C@H](O)[C@H](O[C@@H]4OC(CO)[C@H](O)[C@H](O[C@H]5OC(CO)[C@H](O)[C@H](O)C5NC(C)=O)C4NC(C)=O)C3O)C2O)[C@H](O)C1O)NC(=O)CCCCCCCCCCCCCCCCC. The molecule has 6 fully saturated rings. The fourth-order valence-corrected chi connectivity index (χ4v) is 15.4. The van der Waals surface area contributed by atoms with E-state index in [-0.39, 0.29) is 12.3 Å². The van der Waals surface area contributed by atoms with Gasteiger partial charge in [-0.05, 0) is 19.3 Å². The molecule has 37 heteroatoms. The summed E-state index contributed by atoms with van der Waals surface area (Å²) < 4.78 is 72.1. The number of unbranched alkanes of at least 4 members (excludes halogenated alkanes) is 25. The second kappa shape index (κ2) is 53.4. The van der Waals surface area contributed by atoms with Gasteiger partial charge < -0.3 is 165 Å². The van der Waals surface area contributed by atoms with Gasteiger partial charge in [-0.2, -0.15) is 0 Å². The summed E-state index contributed by atoms with van der Waals surface area (Å²) in [5, 5.41) is 202. The molecule has 115 heavy (non-hydrogen) atoms. The van der Waals surface area contributed by atoms with Gasteiger partial charge in [0.1, 0.15) is 146 Å². The zero-order chi connectivity index (χ0) is 84.3. The van der Waals surface area contributed by atoms with Crippen LogP contribution in [-0.4, -0.2) is 353 Å². The molecule has 670 valence electrons. The quantitative estimate of drug-likeness (QED) is 0.0225. The van der Waals surface area contributed by atoms with Gasteiger partial charge in [-0.3, -0.25) is 19.2 Å². The Kier molecular flexibility index (Phi) is 46.5. The lowest BCUT2D eigenvalue weighted by Crippen LogP contribution is -2.71. The predicted molar refractivity (Wildman–Crippen MR) is 405 cm³/mol. The molecule has 0 aromatic rings. The Bertz CT molecular complexity index is 2730. The van der Waals surface area contributed by atoms with E-state index in [4.69, 9.17) is 56.8 Å². The summed E-state index contributed by atoms with van der Waals surface area (Å²) in [6.45, 7) is 1.21. The normalized spacial score (nSPS) is 36.5. The first-order valence-corrected chi connectivity index (χ1v) is 41.9. The van der Waals surface area contributed by atoms with Crippen LogP contribution in [0.5, 0.6) is 0 Å². The van der Waals surface area contributed by atoms with Crippen LogP contribution >= 0.6 is 0 Å². The van der Waals surface area contributed by atoms with Crippen molar-refractivity contribution in [1.82, 2.24) is 21.3 Å². The van der Waals surface area contributed by atoms with Crippen molar-refractivity contribution >= 4 is 23.6 Å². The van der Waals surface area contributed by atoms with Crippen molar-refractivity contribution in [2.75, 3.05) is 46.2 Å². The smallest absolute Gasteiger partial charge is 0.220 e. The first-order chi connectivity index (χ1) is 55.2. The molecule has 0 aromatic carbocycles. The van der Waals surface area contributed by atoms with Gasteiger partial charge >= 0.3 is 0 Å². The zero-order valence-corrected chi connectivity index (χ0v) is 67.5. The van der Waals surface area contributed by atoms with Crippen LogP contribution in [0, 0.1) is 0 Å². The van der Waals surface area contributed by atoms with E-state index in [1.165, 1.54) is 109 Å². The third-order valence-corrected chi connectivity index (χ3v) is 22.1. The minimum atomic E-state index is -2.36. The van der Waals surface area contributed by atoms with Crippen LogP contribution in [0.15, 0.2) is 12.2 Å². The van der Waals surface area contributed by atoms with Crippen molar-refractivity contribution in [2.24, 2.45) is 0 Å². The average Bonchev–Trinajstić information content (AvgIpc) is 0.769. The van der Waals surface area contributed by atoms with Gasteiger partial charge in [-0.25, -0.2) is 0 Å². The molecule has 6 rings (SSSR count). The first kappa shape index (κ1) is 100. The Hall–Kier alpha value is -3.54. The van der Waals surface area contributed by atoms with E-state index in [1.54, 1.807) is 6.08 Å². The maximum atomic E-state index is 13.6. The van der Waals surface area contributed by atoms with Crippen LogP contribution in [-0.2, 0) is 76.0 Å². The van der Waals surface area contributed by atoms with Gasteiger partial charge in [0.2, 0.25) is 23.6 Å². The van der Waals surface area contributed by atoms with Crippen LogP contribution in [0.25, 0.3) is 0 Å². The molecule has 32 atom stereocenters. The van der Waals surface area contributed by atoms with Crippen LogP contribution in [0.2, 0.25) is 0 Å². The number of carbonyl (C=O) groups is 4. The second-order valence-corrected chi connectivity index (χ2v) is 31.4. The number of nitrogens with one attached hydrogen (secondary N) is 4. The van der Waals surface area contributed by atoms with E-state index in [1.807, 2.05) is 6.08 Å². The van der Waals surface area contributed by atoms with E-state index in [2.05, 4.69) is 35.1 Å². The summed E-state index contributed by atoms with van der Waals surface area (Å²) in [5.74, 6) is -2.75. The van der Waals surface area contributed by atoms with Crippen LogP contribution < -0.4 is 21.3 Å². The van der Waals surface area contributed by atoms with Gasteiger partial charge in [0.05, 0.1) is 58.4 Å². The molecule has 0 bridgehead atoms. The number of aliphatic hydroxyl groups is 17. The lowest BCUT2D eigenvalue weighted by atomic mass is 9.93. The Labute approximate surface area is 674 Å². The molecule has 37 nitrogen and oxygen atoms in total. The van der Waals surface area contributed by atoms with Crippen molar-refractivity contribution < 1.29 is 163 Å². The number of carbonyl (C=O) groups excluding carboxylic acids is 4. The first-order valence-electron chi connectivity index (χ1n) is 41.9. The predicted octanol–water partition coefficient (Wildman–Crippen LogP) is -2.28. The summed E-state index contributed by atoms with van der Waals surface area (Å²) in [6, 6.07) is -6.12. The van der Waals surface area contributed by atoms with Crippen molar-refractivity contribution in [2.45, 2.75) is 411 Å². The highest BCUT2D eigenvalue weighted by Gasteiger charge is 2.58. The van der Waals surface area contributed by atoms with Crippen LogP contribution in [0.3, 0.4) is 0 Å². The molecular formula is C78H140N4O33. The Morgan fingerprint density at radius 2 is 0.696 bits per heavy atom. The number of ether oxygens (including phenoxy) is 12. The zero-order valence-electron chi connectivity index (χ0n) is 67.5. The highest BCUT2D eigenvalue weighted by molar-refractivity contribution is 5.76. The standard InChI is InChI=1S/C78H140N4O33/c1-6-8-10-12-14-16-18-20-21-23-25-27-29-31-33-35-54(92)82-46(47(91)34-32-30-28-26-24-22-19-17-15-13-11-9-7-2)41-104-76-66(101)65(100)69(52(40-87)110-76)112-78-68(103)72(62(97)53(111-78)42-105-73-55(79-43(3)88)63(98)58(93)48(36-83)106-73)115-77-67(102)71(61(96)51(39-86)109-77)114-75-57(81-45(5)90)70(60(95)50(38-85)108-75)113-74-56(80-44(4)89)64(99)59(94)49(37-84)107-74/h32,34,46-53,55-78,83-87,91,93-103H,6-31,33,35-42H2,1-5H3,(H,79,88)(H,80,89)(H,81,90)(H,82,92)/b34-32+/t46-,47+,48?,49?,50?,51?,52?,53?,55?,56?,57?,58+,59-,60-,61-,62-,63+,64+,65+,66?,67?,68?,69+,70+,71-,72-,73+,74+,75-,76+,77+,78-/m0/s1. The van der Waals surface area contributed by atoms with E-state index in [9.17, 15) is 106 Å². The molecule has 0 saturated carbocycles. The fraction of sp³-hybridized carbons (Fsp3) is 0.923. The molecule has 4 amide bonds. The van der Waals surface area contributed by atoms with Crippen molar-refractivity contribution in [3.05, 3.63) is 12.2 Å². The highest BCUT2D eigenvalue weighted by Crippen LogP contribution is 2.38. The monoisotopic (exact) mass is 1660 g/mol. The third kappa shape index (κ3) is 31.1. The van der Waals surface area contributed by atoms with Crippen molar-refractivity contribution in [3.63, 3.8) is 0 Å². The number of aliphatic hydroxyl groups excluding tert-OH is 17. The van der Waals surface area contributed by atoms with E-state index < -0.39 is 260 Å². The minimum absolute atomic E-state index is 0.145. The highest BCUT2D eigenvalue weighted by atomic mass is 16.8. The number of hydrogen-bond donors (Lipinski definition) is 21. The summed E-state index contributed by atoms with van der Waals surface area (Å²) in [5.41, 5.74) is 0. The van der Waals surface area contributed by atoms with E-state index in [0.717, 1.165) is 72.1 Å². The molecule has 6 saturated heterocycles. The Balaban J connectivity index is 1.21. The minimum Gasteiger partial charge on any atom is -0.394 e. The summed E-state index contributed by atoms with van der Waals surface area (Å²) in [7, 11) is 0. The van der Waals surface area contributed by atoms with E-state index >= 15 is 0 Å². The molecule has 6 aliphatic rings. The van der Waals surface area contributed by atoms with Crippen LogP contribution in [0.1, 0.15) is 214 Å². The molecule has 0 radical (unpaired) electrons. The molecule has 6 aliphatic heterocycles.